The Balaban J connectivity index is 2.78. The van der Waals surface area contributed by atoms with E-state index in [1.165, 1.54) is 0 Å². The molecule has 0 amide bonds. The molecule has 0 spiro atoms. The number of halogens is 3. The first kappa shape index (κ1) is 17.4. The Bertz CT molecular complexity index is 468. The van der Waals surface area contributed by atoms with Crippen LogP contribution in [0.15, 0.2) is 12.1 Å². The van der Waals surface area contributed by atoms with Crippen LogP contribution < -0.4 is 15.8 Å². The third kappa shape index (κ3) is 5.71. The molecule has 0 fully saturated rings. The minimum absolute atomic E-state index is 0.106. The zero-order valence-corrected chi connectivity index (χ0v) is 12.1. The summed E-state index contributed by atoms with van der Waals surface area (Å²) in [7, 11) is 0. The highest BCUT2D eigenvalue weighted by atomic mass is 19.3. The summed E-state index contributed by atoms with van der Waals surface area (Å²) in [6, 6.07) is 2.07. The molecule has 0 aliphatic heterocycles. The van der Waals surface area contributed by atoms with E-state index in [1.807, 2.05) is 13.8 Å². The molecule has 4 N–H and O–H groups in total. The molecule has 1 rings (SSSR count). The summed E-state index contributed by atoms with van der Waals surface area (Å²) < 4.78 is 41.9. The second-order valence-corrected chi connectivity index (χ2v) is 5.59. The van der Waals surface area contributed by atoms with Crippen molar-refractivity contribution in [2.75, 3.05) is 24.2 Å². The molecule has 4 nitrogen and oxygen atoms in total. The van der Waals surface area contributed by atoms with Gasteiger partial charge in [0.05, 0.1) is 11.4 Å². The van der Waals surface area contributed by atoms with E-state index in [-0.39, 0.29) is 17.7 Å². The fraction of sp³-hybridized carbons (Fsp3) is 0.571. The number of nitrogens with two attached hydrogens (primary N) is 1. The number of nitrogen functional groups attached to an aromatic ring is 1. The predicted octanol–water partition coefficient (Wildman–Crippen LogP) is 3.22. The number of aliphatic hydroxyl groups is 1. The van der Waals surface area contributed by atoms with Gasteiger partial charge in [-0.3, -0.25) is 0 Å². The van der Waals surface area contributed by atoms with Gasteiger partial charge in [-0.2, -0.15) is 8.78 Å². The summed E-state index contributed by atoms with van der Waals surface area (Å²) in [4.78, 5) is 0. The molecule has 0 atom stereocenters. The fourth-order valence-electron chi connectivity index (χ4n) is 1.89. The van der Waals surface area contributed by atoms with Gasteiger partial charge in [0.2, 0.25) is 0 Å². The monoisotopic (exact) mass is 306 g/mol. The third-order valence-electron chi connectivity index (χ3n) is 3.09. The van der Waals surface area contributed by atoms with E-state index in [0.717, 1.165) is 18.6 Å². The van der Waals surface area contributed by atoms with Gasteiger partial charge in [0.1, 0.15) is 0 Å². The molecule has 0 aliphatic rings. The zero-order valence-electron chi connectivity index (χ0n) is 12.1. The third-order valence-corrected chi connectivity index (χ3v) is 3.09. The lowest BCUT2D eigenvalue weighted by molar-refractivity contribution is -0.0521. The van der Waals surface area contributed by atoms with E-state index in [0.29, 0.717) is 18.7 Å². The number of alkyl halides is 2. The maximum Gasteiger partial charge on any atom is 0.387 e. The van der Waals surface area contributed by atoms with Crippen molar-refractivity contribution in [1.29, 1.82) is 0 Å². The number of aliphatic hydroxyl groups excluding tert-OH is 1. The van der Waals surface area contributed by atoms with Crippen LogP contribution in [0.25, 0.3) is 0 Å². The van der Waals surface area contributed by atoms with Gasteiger partial charge < -0.3 is 20.9 Å². The van der Waals surface area contributed by atoms with Crippen molar-refractivity contribution in [2.24, 2.45) is 5.41 Å². The molecule has 1 aromatic rings. The van der Waals surface area contributed by atoms with Gasteiger partial charge in [-0.05, 0) is 18.3 Å². The summed E-state index contributed by atoms with van der Waals surface area (Å²) in [5, 5.41) is 11.8. The Morgan fingerprint density at radius 2 is 2.05 bits per heavy atom. The molecule has 21 heavy (non-hydrogen) atoms. The molecule has 0 unspecified atom stereocenters. The van der Waals surface area contributed by atoms with Gasteiger partial charge in [-0.25, -0.2) is 4.39 Å². The molecular weight excluding hydrogens is 285 g/mol. The predicted molar refractivity (Wildman–Crippen MR) is 76.0 cm³/mol. The first-order valence-electron chi connectivity index (χ1n) is 6.64. The second-order valence-electron chi connectivity index (χ2n) is 5.59. The van der Waals surface area contributed by atoms with Crippen molar-refractivity contribution in [3.63, 3.8) is 0 Å². The highest BCUT2D eigenvalue weighted by Crippen LogP contribution is 2.31. The normalized spacial score (nSPS) is 11.8. The largest absolute Gasteiger partial charge is 0.432 e. The van der Waals surface area contributed by atoms with E-state index in [4.69, 9.17) is 10.8 Å². The van der Waals surface area contributed by atoms with E-state index in [2.05, 4.69) is 10.1 Å². The summed E-state index contributed by atoms with van der Waals surface area (Å²) in [5.74, 6) is -1.48. The van der Waals surface area contributed by atoms with E-state index < -0.39 is 18.2 Å². The topological polar surface area (TPSA) is 67.5 Å². The smallest absolute Gasteiger partial charge is 0.387 e. The quantitative estimate of drug-likeness (QED) is 0.645. The Hall–Kier alpha value is -1.63. The van der Waals surface area contributed by atoms with Gasteiger partial charge in [0.15, 0.2) is 11.6 Å². The van der Waals surface area contributed by atoms with Crippen LogP contribution in [0, 0.1) is 11.2 Å². The Morgan fingerprint density at radius 1 is 1.38 bits per heavy atom. The minimum atomic E-state index is -3.10. The van der Waals surface area contributed by atoms with Crippen LogP contribution in [-0.4, -0.2) is 24.9 Å². The number of hydrogen-bond donors (Lipinski definition) is 3. The molecule has 1 aromatic carbocycles. The molecule has 0 aliphatic carbocycles. The lowest BCUT2D eigenvalue weighted by Gasteiger charge is -2.26. The number of hydrogen-bond acceptors (Lipinski definition) is 4. The lowest BCUT2D eigenvalue weighted by Crippen LogP contribution is -2.24. The summed E-state index contributed by atoms with van der Waals surface area (Å²) in [6.07, 6.45) is 1.44. The van der Waals surface area contributed by atoms with E-state index in [1.54, 1.807) is 0 Å². The van der Waals surface area contributed by atoms with E-state index >= 15 is 0 Å². The second kappa shape index (κ2) is 7.40. The highest BCUT2D eigenvalue weighted by molar-refractivity contribution is 5.68. The van der Waals surface area contributed by atoms with Gasteiger partial charge in [-0.15, -0.1) is 0 Å². The van der Waals surface area contributed by atoms with E-state index in [9.17, 15) is 13.2 Å². The Morgan fingerprint density at radius 3 is 2.62 bits per heavy atom. The van der Waals surface area contributed by atoms with Crippen molar-refractivity contribution in [3.8, 4) is 5.75 Å². The number of rotatable bonds is 8. The van der Waals surface area contributed by atoms with Gasteiger partial charge in [0.25, 0.3) is 0 Å². The minimum Gasteiger partial charge on any atom is -0.432 e. The first-order chi connectivity index (χ1) is 9.75. The van der Waals surface area contributed by atoms with Crippen molar-refractivity contribution >= 4 is 11.4 Å². The van der Waals surface area contributed by atoms with Crippen molar-refractivity contribution in [3.05, 3.63) is 17.9 Å². The molecule has 0 saturated carbocycles. The van der Waals surface area contributed by atoms with Crippen molar-refractivity contribution < 1.29 is 23.0 Å². The molecular formula is C14H21F3N2O2. The molecule has 0 aromatic heterocycles. The SMILES string of the molecule is CC(C)(CCCO)CNc1cc(OC(F)F)c(F)cc1N. The molecule has 0 saturated heterocycles. The zero-order chi connectivity index (χ0) is 16.0. The standard InChI is InChI=1S/C14H21F3N2O2/c1-14(2,4-3-5-20)8-19-11-7-12(21-13(16)17)9(15)6-10(11)18/h6-7,13,19-20H,3-5,8,18H2,1-2H3. The number of nitrogens with one attached hydrogen (secondary N) is 1. The summed E-state index contributed by atoms with van der Waals surface area (Å²) >= 11 is 0. The Labute approximate surface area is 122 Å². The first-order valence-corrected chi connectivity index (χ1v) is 6.64. The summed E-state index contributed by atoms with van der Waals surface area (Å²) in [6.45, 7) is 1.49. The fourth-order valence-corrected chi connectivity index (χ4v) is 1.89. The average Bonchev–Trinajstić information content (AvgIpc) is 2.38. The van der Waals surface area contributed by atoms with Crippen molar-refractivity contribution in [1.82, 2.24) is 0 Å². The Kier molecular flexibility index (Phi) is 6.14. The van der Waals surface area contributed by atoms with Crippen LogP contribution in [0.2, 0.25) is 0 Å². The average molecular weight is 306 g/mol. The molecule has 120 valence electrons. The number of benzene rings is 1. The van der Waals surface area contributed by atoms with Crippen LogP contribution in [0.4, 0.5) is 24.5 Å². The van der Waals surface area contributed by atoms with Gasteiger partial charge in [-0.1, -0.05) is 13.8 Å². The lowest BCUT2D eigenvalue weighted by atomic mass is 9.88. The number of anilines is 2. The maximum absolute atomic E-state index is 13.4. The van der Waals surface area contributed by atoms with Crippen LogP contribution in [0.3, 0.4) is 0 Å². The van der Waals surface area contributed by atoms with Crippen LogP contribution >= 0.6 is 0 Å². The van der Waals surface area contributed by atoms with Crippen LogP contribution in [-0.2, 0) is 0 Å². The molecule has 0 heterocycles. The van der Waals surface area contributed by atoms with Crippen LogP contribution in [0.5, 0.6) is 5.75 Å². The van der Waals surface area contributed by atoms with Crippen LogP contribution in [0.1, 0.15) is 26.7 Å². The summed E-state index contributed by atoms with van der Waals surface area (Å²) in [5.41, 5.74) is 5.99. The van der Waals surface area contributed by atoms with Gasteiger partial charge >= 0.3 is 6.61 Å². The van der Waals surface area contributed by atoms with Crippen molar-refractivity contribution in [2.45, 2.75) is 33.3 Å². The molecule has 0 bridgehead atoms. The maximum atomic E-state index is 13.4. The highest BCUT2D eigenvalue weighted by Gasteiger charge is 2.19. The van der Waals surface area contributed by atoms with Gasteiger partial charge in [0, 0.05) is 25.3 Å². The number of ether oxygens (including phenoxy) is 1. The molecule has 0 radical (unpaired) electrons. The molecule has 7 heteroatoms.